The molecule has 0 aliphatic carbocycles. The quantitative estimate of drug-likeness (QED) is 0.863. The van der Waals surface area contributed by atoms with E-state index in [-0.39, 0.29) is 23.7 Å². The van der Waals surface area contributed by atoms with E-state index in [1.807, 2.05) is 19.9 Å². The number of carbonyl (C=O) groups excluding carboxylic acids is 1. The summed E-state index contributed by atoms with van der Waals surface area (Å²) in [5, 5.41) is 3.89. The highest BCUT2D eigenvalue weighted by Gasteiger charge is 2.32. The normalized spacial score (nSPS) is 18.2. The average molecular weight is 302 g/mol. The maximum Gasteiger partial charge on any atom is 0.276 e. The lowest BCUT2D eigenvalue weighted by Gasteiger charge is -2.24. The largest absolute Gasteiger partial charge is 0.360 e. The van der Waals surface area contributed by atoms with Crippen LogP contribution in [0.4, 0.5) is 4.39 Å². The number of carbonyl (C=O) groups is 1. The van der Waals surface area contributed by atoms with E-state index in [2.05, 4.69) is 5.16 Å². The highest BCUT2D eigenvalue weighted by Crippen LogP contribution is 2.33. The molecule has 1 unspecified atom stereocenters. The van der Waals surface area contributed by atoms with Gasteiger partial charge in [0.15, 0.2) is 5.69 Å². The summed E-state index contributed by atoms with van der Waals surface area (Å²) < 4.78 is 18.6. The molecule has 0 spiro atoms. The second-order valence-electron chi connectivity index (χ2n) is 5.98. The summed E-state index contributed by atoms with van der Waals surface area (Å²) in [7, 11) is 0. The van der Waals surface area contributed by atoms with Crippen LogP contribution in [0.25, 0.3) is 0 Å². The molecule has 1 aliphatic rings. The van der Waals surface area contributed by atoms with Crippen molar-refractivity contribution < 1.29 is 13.7 Å². The van der Waals surface area contributed by atoms with Gasteiger partial charge >= 0.3 is 0 Å². The number of halogens is 1. The summed E-state index contributed by atoms with van der Waals surface area (Å²) in [5.41, 5.74) is 1.16. The van der Waals surface area contributed by atoms with Gasteiger partial charge in [0.1, 0.15) is 11.6 Å². The van der Waals surface area contributed by atoms with Gasteiger partial charge in [0.2, 0.25) is 0 Å². The van der Waals surface area contributed by atoms with Crippen LogP contribution in [0.1, 0.15) is 60.5 Å². The Hall–Kier alpha value is -2.17. The maximum atomic E-state index is 13.4. The summed E-state index contributed by atoms with van der Waals surface area (Å²) in [5.74, 6) is 0.458. The Morgan fingerprint density at radius 3 is 2.91 bits per heavy atom. The number of nitrogens with zero attached hydrogens (tertiary/aromatic N) is 2. The second kappa shape index (κ2) is 5.91. The van der Waals surface area contributed by atoms with E-state index in [1.165, 1.54) is 12.1 Å². The minimum Gasteiger partial charge on any atom is -0.360 e. The van der Waals surface area contributed by atoms with Crippen LogP contribution >= 0.6 is 0 Å². The van der Waals surface area contributed by atoms with Gasteiger partial charge in [-0.05, 0) is 30.5 Å². The van der Waals surface area contributed by atoms with Crippen molar-refractivity contribution in [1.82, 2.24) is 10.1 Å². The molecule has 2 heterocycles. The Morgan fingerprint density at radius 1 is 1.41 bits per heavy atom. The van der Waals surface area contributed by atoms with E-state index in [0.717, 1.165) is 18.4 Å². The fourth-order valence-electron chi connectivity index (χ4n) is 2.88. The van der Waals surface area contributed by atoms with Crippen LogP contribution in [-0.4, -0.2) is 22.5 Å². The standard InChI is InChI=1S/C17H19FN2O2/c1-11(2)16-10-14(19-22-16)17(21)20-8-4-7-15(20)12-5-3-6-13(18)9-12/h3,5-6,9-11,15H,4,7-8H2,1-2H3. The fourth-order valence-corrected chi connectivity index (χ4v) is 2.88. The van der Waals surface area contributed by atoms with Gasteiger partial charge < -0.3 is 9.42 Å². The summed E-state index contributed by atoms with van der Waals surface area (Å²) in [6, 6.07) is 8.06. The van der Waals surface area contributed by atoms with Crippen molar-refractivity contribution in [3.05, 3.63) is 53.2 Å². The lowest BCUT2D eigenvalue weighted by atomic mass is 10.0. The van der Waals surface area contributed by atoms with E-state index >= 15 is 0 Å². The van der Waals surface area contributed by atoms with Gasteiger partial charge in [0.05, 0.1) is 6.04 Å². The molecule has 1 aliphatic heterocycles. The van der Waals surface area contributed by atoms with Crippen molar-refractivity contribution in [1.29, 1.82) is 0 Å². The Labute approximate surface area is 128 Å². The lowest BCUT2D eigenvalue weighted by Crippen LogP contribution is -2.30. The molecule has 0 bridgehead atoms. The molecule has 116 valence electrons. The third-order valence-electron chi connectivity index (χ3n) is 4.06. The van der Waals surface area contributed by atoms with Crippen molar-refractivity contribution in [2.45, 2.75) is 38.6 Å². The number of hydrogen-bond acceptors (Lipinski definition) is 3. The van der Waals surface area contributed by atoms with Gasteiger partial charge in [-0.1, -0.05) is 31.1 Å². The molecule has 0 radical (unpaired) electrons. The topological polar surface area (TPSA) is 46.3 Å². The van der Waals surface area contributed by atoms with Crippen LogP contribution in [0.2, 0.25) is 0 Å². The van der Waals surface area contributed by atoms with Gasteiger partial charge in [0, 0.05) is 18.5 Å². The van der Waals surface area contributed by atoms with E-state index in [9.17, 15) is 9.18 Å². The molecule has 1 saturated heterocycles. The van der Waals surface area contributed by atoms with Crippen molar-refractivity contribution in [3.63, 3.8) is 0 Å². The number of aromatic nitrogens is 1. The first kappa shape index (κ1) is 14.8. The monoisotopic (exact) mass is 302 g/mol. The second-order valence-corrected chi connectivity index (χ2v) is 5.98. The van der Waals surface area contributed by atoms with Crippen LogP contribution in [0.3, 0.4) is 0 Å². The lowest BCUT2D eigenvalue weighted by molar-refractivity contribution is 0.0724. The zero-order chi connectivity index (χ0) is 15.7. The van der Waals surface area contributed by atoms with E-state index in [1.54, 1.807) is 17.0 Å². The summed E-state index contributed by atoms with van der Waals surface area (Å²) >= 11 is 0. The Kier molecular flexibility index (Phi) is 3.96. The number of rotatable bonds is 3. The van der Waals surface area contributed by atoms with Crippen molar-refractivity contribution in [2.75, 3.05) is 6.54 Å². The highest BCUT2D eigenvalue weighted by molar-refractivity contribution is 5.92. The predicted molar refractivity (Wildman–Crippen MR) is 80.0 cm³/mol. The molecular formula is C17H19FN2O2. The minimum atomic E-state index is -0.277. The summed E-state index contributed by atoms with van der Waals surface area (Å²) in [6.07, 6.45) is 1.74. The van der Waals surface area contributed by atoms with Gasteiger partial charge in [0.25, 0.3) is 5.91 Å². The van der Waals surface area contributed by atoms with Crippen LogP contribution < -0.4 is 0 Å². The number of hydrogen-bond donors (Lipinski definition) is 0. The molecular weight excluding hydrogens is 283 g/mol. The molecule has 1 fully saturated rings. The zero-order valence-corrected chi connectivity index (χ0v) is 12.8. The van der Waals surface area contributed by atoms with Gasteiger partial charge in [-0.25, -0.2) is 4.39 Å². The van der Waals surface area contributed by atoms with Crippen molar-refractivity contribution >= 4 is 5.91 Å². The van der Waals surface area contributed by atoms with Gasteiger partial charge in [-0.3, -0.25) is 4.79 Å². The van der Waals surface area contributed by atoms with E-state index in [4.69, 9.17) is 4.52 Å². The molecule has 5 heteroatoms. The molecule has 3 rings (SSSR count). The first-order valence-corrected chi connectivity index (χ1v) is 7.59. The average Bonchev–Trinajstić information content (AvgIpc) is 3.16. The fraction of sp³-hybridized carbons (Fsp3) is 0.412. The molecule has 1 amide bonds. The Bertz CT molecular complexity index is 681. The maximum absolute atomic E-state index is 13.4. The minimum absolute atomic E-state index is 0.0950. The van der Waals surface area contributed by atoms with E-state index < -0.39 is 0 Å². The smallest absolute Gasteiger partial charge is 0.276 e. The number of amides is 1. The Balaban J connectivity index is 1.84. The van der Waals surface area contributed by atoms with Crippen molar-refractivity contribution in [2.24, 2.45) is 0 Å². The van der Waals surface area contributed by atoms with Crippen LogP contribution in [0.5, 0.6) is 0 Å². The molecule has 0 N–H and O–H groups in total. The first-order chi connectivity index (χ1) is 10.6. The van der Waals surface area contributed by atoms with Crippen LogP contribution in [0.15, 0.2) is 34.9 Å². The van der Waals surface area contributed by atoms with E-state index in [0.29, 0.717) is 18.0 Å². The number of likely N-dealkylation sites (tertiary alicyclic amines) is 1. The molecule has 1 aromatic heterocycles. The van der Waals surface area contributed by atoms with Crippen molar-refractivity contribution in [3.8, 4) is 0 Å². The zero-order valence-electron chi connectivity index (χ0n) is 12.8. The van der Waals surface area contributed by atoms with Gasteiger partial charge in [-0.15, -0.1) is 0 Å². The molecule has 1 aromatic carbocycles. The predicted octanol–water partition coefficient (Wildman–Crippen LogP) is 3.91. The molecule has 1 atom stereocenters. The molecule has 2 aromatic rings. The molecule has 4 nitrogen and oxygen atoms in total. The summed E-state index contributed by atoms with van der Waals surface area (Å²) in [6.45, 7) is 4.63. The number of benzene rings is 1. The van der Waals surface area contributed by atoms with Gasteiger partial charge in [-0.2, -0.15) is 0 Å². The third kappa shape index (κ3) is 2.75. The highest BCUT2D eigenvalue weighted by atomic mass is 19.1. The SMILES string of the molecule is CC(C)c1cc(C(=O)N2CCCC2c2cccc(F)c2)no1. The third-order valence-corrected chi connectivity index (χ3v) is 4.06. The molecule has 0 saturated carbocycles. The Morgan fingerprint density at radius 2 is 2.23 bits per heavy atom. The summed E-state index contributed by atoms with van der Waals surface area (Å²) in [4.78, 5) is 14.4. The van der Waals surface area contributed by atoms with Crippen LogP contribution in [0, 0.1) is 5.82 Å². The molecule has 22 heavy (non-hydrogen) atoms. The van der Waals surface area contributed by atoms with Crippen LogP contribution in [-0.2, 0) is 0 Å². The first-order valence-electron chi connectivity index (χ1n) is 7.59.